The number of carbonyl (C=O) groups is 2. The quantitative estimate of drug-likeness (QED) is 0.168. The smallest absolute Gasteiger partial charge is 0.234 e. The Balaban J connectivity index is 1.15. The van der Waals surface area contributed by atoms with Gasteiger partial charge in [-0.15, -0.1) is 0 Å². The van der Waals surface area contributed by atoms with Crippen molar-refractivity contribution in [1.82, 2.24) is 10.3 Å². The molecule has 0 aliphatic heterocycles. The van der Waals surface area contributed by atoms with E-state index in [1.165, 1.54) is 6.07 Å². The molecule has 1 fully saturated rings. The molecule has 2 amide bonds. The van der Waals surface area contributed by atoms with E-state index in [1.807, 2.05) is 91.0 Å². The number of amides is 2. The van der Waals surface area contributed by atoms with Crippen LogP contribution in [0.1, 0.15) is 74.1 Å². The molecule has 0 saturated heterocycles. The average Bonchev–Trinajstić information content (AvgIpc) is 3.37. The summed E-state index contributed by atoms with van der Waals surface area (Å²) in [4.78, 5) is 31.9. The second-order valence-electron chi connectivity index (χ2n) is 12.3. The highest BCUT2D eigenvalue weighted by atomic mass is 19.1. The number of fused-ring (bicyclic) bond motifs is 1. The number of hydrogen-bond acceptors (Lipinski definition) is 4. The van der Waals surface area contributed by atoms with Gasteiger partial charge in [-0.05, 0) is 72.7 Å². The van der Waals surface area contributed by atoms with Gasteiger partial charge in [0.1, 0.15) is 18.2 Å². The zero-order valence-corrected chi connectivity index (χ0v) is 26.1. The van der Waals surface area contributed by atoms with E-state index in [1.54, 1.807) is 19.1 Å². The predicted molar refractivity (Wildman–Crippen MR) is 180 cm³/mol. The fourth-order valence-corrected chi connectivity index (χ4v) is 6.51. The summed E-state index contributed by atoms with van der Waals surface area (Å²) in [6.45, 7) is 2.03. The topological polar surface area (TPSA) is 68.3 Å². The number of nitrogens with zero attached hydrogens (tertiary/aromatic N) is 1. The van der Waals surface area contributed by atoms with Crippen LogP contribution >= 0.6 is 0 Å². The van der Waals surface area contributed by atoms with E-state index >= 15 is 4.39 Å². The second-order valence-corrected chi connectivity index (χ2v) is 12.3. The fourth-order valence-electron chi connectivity index (χ4n) is 6.51. The lowest BCUT2D eigenvalue weighted by Crippen LogP contribution is -2.39. The van der Waals surface area contributed by atoms with Gasteiger partial charge in [0.25, 0.3) is 0 Å². The Morgan fingerprint density at radius 2 is 1.50 bits per heavy atom. The highest BCUT2D eigenvalue weighted by molar-refractivity contribution is 6.01. The van der Waals surface area contributed by atoms with Crippen molar-refractivity contribution < 1.29 is 18.7 Å². The van der Waals surface area contributed by atoms with Crippen LogP contribution in [-0.2, 0) is 16.2 Å². The van der Waals surface area contributed by atoms with Gasteiger partial charge in [-0.2, -0.15) is 0 Å². The molecule has 234 valence electrons. The first-order valence-electron chi connectivity index (χ1n) is 16.2. The number of pyridine rings is 1. The molecule has 0 spiro atoms. The van der Waals surface area contributed by atoms with Crippen molar-refractivity contribution in [3.05, 3.63) is 132 Å². The standard InChI is InChI=1S/C40H39FN2O3/c1-27(32-20-24-35(36(41)25-32)28-11-7-4-8-12-28)39(44)43-40(45)38(30-14-5-2-3-6-15-30)31-18-22-34(23-19-31)46-26-33-21-17-29-13-9-10-16-37(29)42-33/h4,7-13,16-25,27,30,38H,2-3,5-6,14-15,26H2,1H3,(H,43,44,45). The van der Waals surface area contributed by atoms with Gasteiger partial charge >= 0.3 is 0 Å². The molecule has 5 nitrogen and oxygen atoms in total. The highest BCUT2D eigenvalue weighted by Gasteiger charge is 2.32. The first-order chi connectivity index (χ1) is 22.5. The third kappa shape index (κ3) is 7.34. The Morgan fingerprint density at radius 3 is 2.24 bits per heavy atom. The number of benzene rings is 4. The van der Waals surface area contributed by atoms with E-state index in [4.69, 9.17) is 4.74 Å². The van der Waals surface area contributed by atoms with E-state index < -0.39 is 23.6 Å². The lowest BCUT2D eigenvalue weighted by Gasteiger charge is -2.26. The minimum atomic E-state index is -0.697. The van der Waals surface area contributed by atoms with Crippen LogP contribution in [0, 0.1) is 11.7 Å². The third-order valence-corrected chi connectivity index (χ3v) is 9.15. The van der Waals surface area contributed by atoms with Gasteiger partial charge in [-0.25, -0.2) is 9.37 Å². The molecule has 1 N–H and O–H groups in total. The summed E-state index contributed by atoms with van der Waals surface area (Å²) in [5.74, 6) is -1.49. The second kappa shape index (κ2) is 14.5. The molecule has 1 aliphatic carbocycles. The molecule has 4 aromatic carbocycles. The van der Waals surface area contributed by atoms with Gasteiger partial charge < -0.3 is 4.74 Å². The van der Waals surface area contributed by atoms with Gasteiger partial charge in [0.2, 0.25) is 11.8 Å². The maximum Gasteiger partial charge on any atom is 0.234 e. The number of carbonyl (C=O) groups excluding carboxylic acids is 2. The van der Waals surface area contributed by atoms with Crippen LogP contribution in [0.4, 0.5) is 4.39 Å². The predicted octanol–water partition coefficient (Wildman–Crippen LogP) is 9.12. The summed E-state index contributed by atoms with van der Waals surface area (Å²) in [6, 6.07) is 33.8. The lowest BCUT2D eigenvalue weighted by atomic mass is 9.80. The van der Waals surface area contributed by atoms with Crippen molar-refractivity contribution in [2.24, 2.45) is 5.92 Å². The Bertz CT molecular complexity index is 1800. The summed E-state index contributed by atoms with van der Waals surface area (Å²) in [5, 5.41) is 3.78. The van der Waals surface area contributed by atoms with Crippen LogP contribution in [0.5, 0.6) is 5.75 Å². The largest absolute Gasteiger partial charge is 0.487 e. The molecule has 6 heteroatoms. The zero-order chi connectivity index (χ0) is 31.9. The molecule has 5 aromatic rings. The number of aromatic nitrogens is 1. The minimum absolute atomic E-state index is 0.127. The number of ether oxygens (including phenoxy) is 1. The third-order valence-electron chi connectivity index (χ3n) is 9.15. The monoisotopic (exact) mass is 614 g/mol. The molecule has 6 rings (SSSR count). The Morgan fingerprint density at radius 1 is 0.804 bits per heavy atom. The number of para-hydroxylation sites is 1. The zero-order valence-electron chi connectivity index (χ0n) is 26.1. The fraction of sp³-hybridized carbons (Fsp3) is 0.275. The number of imide groups is 1. The first-order valence-corrected chi connectivity index (χ1v) is 16.2. The molecule has 1 aromatic heterocycles. The SMILES string of the molecule is CC(C(=O)NC(=O)C(c1ccc(OCc2ccc3ccccc3n2)cc1)C1CCCCCC1)c1ccc(-c2ccccc2)c(F)c1. The molecule has 0 radical (unpaired) electrons. The maximum absolute atomic E-state index is 15.1. The van der Waals surface area contributed by atoms with E-state index in [2.05, 4.69) is 10.3 Å². The molecule has 2 atom stereocenters. The highest BCUT2D eigenvalue weighted by Crippen LogP contribution is 2.36. The van der Waals surface area contributed by atoms with Crippen LogP contribution in [0.3, 0.4) is 0 Å². The van der Waals surface area contributed by atoms with Crippen LogP contribution in [0.25, 0.3) is 22.0 Å². The Hall–Kier alpha value is -4.84. The van der Waals surface area contributed by atoms with Gasteiger partial charge in [-0.1, -0.05) is 105 Å². The van der Waals surface area contributed by atoms with Crippen molar-refractivity contribution >= 4 is 22.7 Å². The molecule has 46 heavy (non-hydrogen) atoms. The molecule has 1 saturated carbocycles. The Labute approximate surface area is 269 Å². The van der Waals surface area contributed by atoms with Crippen molar-refractivity contribution in [2.45, 2.75) is 63.9 Å². The van der Waals surface area contributed by atoms with Crippen LogP contribution in [-0.4, -0.2) is 16.8 Å². The van der Waals surface area contributed by atoms with Crippen molar-refractivity contribution in [2.75, 3.05) is 0 Å². The van der Waals surface area contributed by atoms with E-state index in [9.17, 15) is 9.59 Å². The van der Waals surface area contributed by atoms with Crippen LogP contribution < -0.4 is 10.1 Å². The normalized spacial score (nSPS) is 15.1. The molecule has 1 heterocycles. The van der Waals surface area contributed by atoms with Gasteiger partial charge in [-0.3, -0.25) is 14.9 Å². The number of hydrogen-bond donors (Lipinski definition) is 1. The molecule has 0 bridgehead atoms. The maximum atomic E-state index is 15.1. The van der Waals surface area contributed by atoms with E-state index in [-0.39, 0.29) is 11.8 Å². The number of rotatable bonds is 9. The van der Waals surface area contributed by atoms with Crippen molar-refractivity contribution in [3.63, 3.8) is 0 Å². The summed E-state index contributed by atoms with van der Waals surface area (Å²) >= 11 is 0. The van der Waals surface area contributed by atoms with Crippen molar-refractivity contribution in [3.8, 4) is 16.9 Å². The lowest BCUT2D eigenvalue weighted by molar-refractivity contribution is -0.132. The summed E-state index contributed by atoms with van der Waals surface area (Å²) in [5.41, 5.74) is 4.39. The van der Waals surface area contributed by atoms with Gasteiger partial charge in [0.05, 0.1) is 23.0 Å². The molecular weight excluding hydrogens is 575 g/mol. The van der Waals surface area contributed by atoms with Crippen molar-refractivity contribution in [1.29, 1.82) is 0 Å². The van der Waals surface area contributed by atoms with Crippen LogP contribution in [0.2, 0.25) is 0 Å². The summed E-state index contributed by atoms with van der Waals surface area (Å²) < 4.78 is 21.1. The molecule has 2 unspecified atom stereocenters. The van der Waals surface area contributed by atoms with Gasteiger partial charge in [0, 0.05) is 10.9 Å². The van der Waals surface area contributed by atoms with Gasteiger partial charge in [0.15, 0.2) is 0 Å². The molecule has 1 aliphatic rings. The first kappa shape index (κ1) is 31.2. The van der Waals surface area contributed by atoms with Crippen LogP contribution in [0.15, 0.2) is 109 Å². The summed E-state index contributed by atoms with van der Waals surface area (Å²) in [6.07, 6.45) is 6.29. The summed E-state index contributed by atoms with van der Waals surface area (Å²) in [7, 11) is 0. The van der Waals surface area contributed by atoms with E-state index in [0.717, 1.165) is 66.2 Å². The number of halogens is 1. The molecular formula is C40H39FN2O3. The average molecular weight is 615 g/mol. The van der Waals surface area contributed by atoms with E-state index in [0.29, 0.717) is 23.5 Å². The minimum Gasteiger partial charge on any atom is -0.487 e. The number of nitrogens with one attached hydrogen (secondary N) is 1. The Kier molecular flexibility index (Phi) is 9.82.